The summed E-state index contributed by atoms with van der Waals surface area (Å²) in [6.07, 6.45) is 3.32. The van der Waals surface area contributed by atoms with Gasteiger partial charge >= 0.3 is 0 Å². The van der Waals surface area contributed by atoms with Crippen LogP contribution in [0.4, 0.5) is 19.0 Å². The van der Waals surface area contributed by atoms with E-state index < -0.39 is 17.6 Å². The number of aryl methyl sites for hydroxylation is 1. The predicted octanol–water partition coefficient (Wildman–Crippen LogP) is 2.41. The molecular weight excluding hydrogens is 245 g/mol. The topological polar surface area (TPSA) is 42.7 Å². The van der Waals surface area contributed by atoms with Crippen molar-refractivity contribution >= 4 is 5.82 Å². The molecule has 96 valence electrons. The molecule has 7 heteroatoms. The van der Waals surface area contributed by atoms with Gasteiger partial charge in [-0.1, -0.05) is 0 Å². The number of nitrogens with zero attached hydrogens (tertiary/aromatic N) is 3. The molecule has 2 heterocycles. The number of halogens is 3. The second kappa shape index (κ2) is 4.67. The smallest absolute Gasteiger partial charge is 0.251 e. The van der Waals surface area contributed by atoms with Crippen molar-refractivity contribution in [3.8, 4) is 0 Å². The average Bonchev–Trinajstić information content (AvgIpc) is 2.73. The zero-order chi connectivity index (χ0) is 13.3. The van der Waals surface area contributed by atoms with Crippen LogP contribution in [0.3, 0.4) is 0 Å². The highest BCUT2D eigenvalue weighted by Gasteiger charge is 2.15. The van der Waals surface area contributed by atoms with Crippen LogP contribution in [-0.2, 0) is 7.05 Å². The van der Waals surface area contributed by atoms with Gasteiger partial charge in [-0.05, 0) is 6.92 Å². The summed E-state index contributed by atoms with van der Waals surface area (Å²) >= 11 is 0. The van der Waals surface area contributed by atoms with Crippen LogP contribution in [0.2, 0.25) is 0 Å². The van der Waals surface area contributed by atoms with Crippen LogP contribution >= 0.6 is 0 Å². The molecular formula is C11H11F3N4. The molecule has 0 aliphatic heterocycles. The molecule has 2 rings (SSSR count). The zero-order valence-electron chi connectivity index (χ0n) is 9.78. The first kappa shape index (κ1) is 12.4. The van der Waals surface area contributed by atoms with Crippen molar-refractivity contribution in [1.29, 1.82) is 0 Å². The van der Waals surface area contributed by atoms with Gasteiger partial charge in [0.15, 0.2) is 17.5 Å². The van der Waals surface area contributed by atoms with Crippen LogP contribution in [0.15, 0.2) is 18.5 Å². The average molecular weight is 256 g/mol. The lowest BCUT2D eigenvalue weighted by Gasteiger charge is -2.13. The molecule has 0 radical (unpaired) electrons. The number of anilines is 1. The molecule has 0 aliphatic rings. The van der Waals surface area contributed by atoms with Crippen LogP contribution in [0.1, 0.15) is 18.5 Å². The van der Waals surface area contributed by atoms with Crippen molar-refractivity contribution < 1.29 is 13.2 Å². The zero-order valence-corrected chi connectivity index (χ0v) is 9.78. The van der Waals surface area contributed by atoms with Gasteiger partial charge < -0.3 is 5.32 Å². The fraction of sp³-hybridized carbons (Fsp3) is 0.273. The van der Waals surface area contributed by atoms with Gasteiger partial charge in [0, 0.05) is 24.9 Å². The maximum Gasteiger partial charge on any atom is 0.251 e. The standard InChI is InChI=1S/C11H11F3N4/c1-6(7-4-15-18(2)5-7)16-11-9(13)3-8(12)10(14)17-11/h3-6H,1-2H3,(H,16,17). The fourth-order valence-electron chi connectivity index (χ4n) is 1.50. The second-order valence-corrected chi connectivity index (χ2v) is 3.90. The molecule has 2 aromatic heterocycles. The summed E-state index contributed by atoms with van der Waals surface area (Å²) in [4.78, 5) is 3.19. The van der Waals surface area contributed by atoms with Crippen LogP contribution in [0, 0.1) is 17.6 Å². The lowest BCUT2D eigenvalue weighted by molar-refractivity contribution is 0.465. The number of rotatable bonds is 3. The minimum atomic E-state index is -1.34. The molecule has 0 bridgehead atoms. The highest BCUT2D eigenvalue weighted by molar-refractivity contribution is 5.39. The molecule has 0 saturated carbocycles. The quantitative estimate of drug-likeness (QED) is 0.857. The van der Waals surface area contributed by atoms with Crippen LogP contribution in [0.25, 0.3) is 0 Å². The van der Waals surface area contributed by atoms with E-state index in [1.54, 1.807) is 31.0 Å². The third-order valence-corrected chi connectivity index (χ3v) is 2.46. The van der Waals surface area contributed by atoms with Gasteiger partial charge in [0.05, 0.1) is 12.2 Å². The molecule has 0 fully saturated rings. The van der Waals surface area contributed by atoms with E-state index in [-0.39, 0.29) is 11.9 Å². The van der Waals surface area contributed by atoms with Crippen molar-refractivity contribution in [2.24, 2.45) is 7.05 Å². The number of hydrogen-bond donors (Lipinski definition) is 1. The van der Waals surface area contributed by atoms with Gasteiger partial charge in [-0.2, -0.15) is 14.5 Å². The second-order valence-electron chi connectivity index (χ2n) is 3.90. The number of pyridine rings is 1. The lowest BCUT2D eigenvalue weighted by Crippen LogP contribution is -2.10. The predicted molar refractivity (Wildman–Crippen MR) is 59.4 cm³/mol. The van der Waals surface area contributed by atoms with E-state index in [0.29, 0.717) is 6.07 Å². The monoisotopic (exact) mass is 256 g/mol. The van der Waals surface area contributed by atoms with E-state index in [9.17, 15) is 13.2 Å². The maximum atomic E-state index is 13.4. The number of nitrogens with one attached hydrogen (secondary N) is 1. The van der Waals surface area contributed by atoms with Crippen molar-refractivity contribution in [3.05, 3.63) is 41.6 Å². The Balaban J connectivity index is 2.21. The van der Waals surface area contributed by atoms with Crippen LogP contribution < -0.4 is 5.32 Å². The van der Waals surface area contributed by atoms with Crippen molar-refractivity contribution in [2.45, 2.75) is 13.0 Å². The summed E-state index contributed by atoms with van der Waals surface area (Å²) in [5.74, 6) is -3.92. The SMILES string of the molecule is CC(Nc1nc(F)c(F)cc1F)c1cnn(C)c1. The highest BCUT2D eigenvalue weighted by Crippen LogP contribution is 2.20. The van der Waals surface area contributed by atoms with Gasteiger partial charge in [-0.25, -0.2) is 8.78 Å². The minimum absolute atomic E-state index is 0.328. The van der Waals surface area contributed by atoms with E-state index in [2.05, 4.69) is 15.4 Å². The molecule has 1 atom stereocenters. The summed E-state index contributed by atoms with van der Waals surface area (Å²) in [7, 11) is 1.74. The van der Waals surface area contributed by atoms with Gasteiger partial charge in [0.25, 0.3) is 5.95 Å². The van der Waals surface area contributed by atoms with E-state index in [1.165, 1.54) is 0 Å². The fourth-order valence-corrected chi connectivity index (χ4v) is 1.50. The van der Waals surface area contributed by atoms with Crippen LogP contribution in [-0.4, -0.2) is 14.8 Å². The summed E-state index contributed by atoms with van der Waals surface area (Å²) < 4.78 is 40.6. The highest BCUT2D eigenvalue weighted by atomic mass is 19.2. The molecule has 0 spiro atoms. The summed E-state index contributed by atoms with van der Waals surface area (Å²) in [6.45, 7) is 1.74. The van der Waals surface area contributed by atoms with Crippen molar-refractivity contribution in [3.63, 3.8) is 0 Å². The first-order valence-electron chi connectivity index (χ1n) is 5.24. The van der Waals surface area contributed by atoms with Crippen molar-refractivity contribution in [2.75, 3.05) is 5.32 Å². The Bertz CT molecular complexity index is 567. The Hall–Kier alpha value is -2.05. The summed E-state index contributed by atoms with van der Waals surface area (Å²) in [5.41, 5.74) is 0.781. The van der Waals surface area contributed by atoms with E-state index in [4.69, 9.17) is 0 Å². The normalized spacial score (nSPS) is 12.5. The summed E-state index contributed by atoms with van der Waals surface area (Å²) in [6, 6.07) is 0.131. The Labute approximate surface area is 101 Å². The molecule has 0 aliphatic carbocycles. The molecule has 0 amide bonds. The number of aromatic nitrogens is 3. The van der Waals surface area contributed by atoms with Gasteiger partial charge in [-0.15, -0.1) is 0 Å². The molecule has 18 heavy (non-hydrogen) atoms. The first-order valence-corrected chi connectivity index (χ1v) is 5.24. The van der Waals surface area contributed by atoms with E-state index >= 15 is 0 Å². The third-order valence-electron chi connectivity index (χ3n) is 2.46. The van der Waals surface area contributed by atoms with Gasteiger partial charge in [0.1, 0.15) is 0 Å². The largest absolute Gasteiger partial charge is 0.361 e. The minimum Gasteiger partial charge on any atom is -0.361 e. The van der Waals surface area contributed by atoms with Gasteiger partial charge in [0.2, 0.25) is 0 Å². The van der Waals surface area contributed by atoms with E-state index in [1.807, 2.05) is 0 Å². The molecule has 1 unspecified atom stereocenters. The Morgan fingerprint density at radius 2 is 2.00 bits per heavy atom. The molecule has 0 saturated heterocycles. The first-order chi connectivity index (χ1) is 8.47. The Kier molecular flexibility index (Phi) is 3.22. The lowest BCUT2D eigenvalue weighted by atomic mass is 10.2. The van der Waals surface area contributed by atoms with Crippen molar-refractivity contribution in [1.82, 2.24) is 14.8 Å². The molecule has 1 N–H and O–H groups in total. The third kappa shape index (κ3) is 2.44. The molecule has 4 nitrogen and oxygen atoms in total. The van der Waals surface area contributed by atoms with Crippen LogP contribution in [0.5, 0.6) is 0 Å². The van der Waals surface area contributed by atoms with E-state index in [0.717, 1.165) is 5.56 Å². The number of hydrogen-bond acceptors (Lipinski definition) is 3. The molecule has 0 aromatic carbocycles. The summed E-state index contributed by atoms with van der Waals surface area (Å²) in [5, 5.41) is 6.62. The maximum absolute atomic E-state index is 13.4. The Morgan fingerprint density at radius 3 is 2.61 bits per heavy atom. The molecule has 2 aromatic rings. The van der Waals surface area contributed by atoms with Gasteiger partial charge in [-0.3, -0.25) is 4.68 Å². The Morgan fingerprint density at radius 1 is 1.28 bits per heavy atom.